The van der Waals surface area contributed by atoms with Crippen molar-refractivity contribution in [2.24, 2.45) is 0 Å². The van der Waals surface area contributed by atoms with Crippen molar-refractivity contribution in [3.63, 3.8) is 0 Å². The van der Waals surface area contributed by atoms with E-state index in [0.717, 1.165) is 90.5 Å². The van der Waals surface area contributed by atoms with Crippen LogP contribution in [-0.4, -0.2) is 66.2 Å². The molecule has 0 bridgehead atoms. The van der Waals surface area contributed by atoms with Crippen molar-refractivity contribution in [1.29, 1.82) is 0 Å². The molecule has 0 saturated heterocycles. The van der Waals surface area contributed by atoms with Crippen LogP contribution in [0.2, 0.25) is 0 Å². The topological polar surface area (TPSA) is 104 Å². The minimum absolute atomic E-state index is 0.147. The second-order valence-corrected chi connectivity index (χ2v) is 10.5. The van der Waals surface area contributed by atoms with Gasteiger partial charge in [0, 0.05) is 73.4 Å². The number of fused-ring (bicyclic) bond motifs is 1. The third-order valence-electron chi connectivity index (χ3n) is 7.05. The molecule has 0 radical (unpaired) electrons. The standard InChI is InChI=1S/C32H42N6O4/c1-23(2)33-13-15-38(26-16-27(40-3)19-28(17-26)41-4)25-11-12-29-30(18-25)36-31(21-34-29)24-20-35-37(22-24)14-9-7-6-8-10-32(39)42-5/h11-12,16-23,33H,6-10,13-15H2,1-5H3. The zero-order valence-corrected chi connectivity index (χ0v) is 25.3. The number of anilines is 2. The second-order valence-electron chi connectivity index (χ2n) is 10.5. The highest BCUT2D eigenvalue weighted by Crippen LogP contribution is 2.34. The quantitative estimate of drug-likeness (QED) is 0.132. The zero-order chi connectivity index (χ0) is 29.9. The van der Waals surface area contributed by atoms with Crippen molar-refractivity contribution in [1.82, 2.24) is 25.1 Å². The summed E-state index contributed by atoms with van der Waals surface area (Å²) in [5.74, 6) is 1.31. The van der Waals surface area contributed by atoms with Gasteiger partial charge in [-0.1, -0.05) is 26.7 Å². The van der Waals surface area contributed by atoms with Gasteiger partial charge >= 0.3 is 5.97 Å². The molecular formula is C32H42N6O4. The fourth-order valence-electron chi connectivity index (χ4n) is 4.74. The molecular weight excluding hydrogens is 532 g/mol. The van der Waals surface area contributed by atoms with E-state index in [-0.39, 0.29) is 5.97 Å². The number of aryl methyl sites for hydroxylation is 1. The molecule has 2 aromatic carbocycles. The van der Waals surface area contributed by atoms with Crippen molar-refractivity contribution in [2.75, 3.05) is 39.3 Å². The van der Waals surface area contributed by atoms with Crippen LogP contribution in [0.25, 0.3) is 22.3 Å². The van der Waals surface area contributed by atoms with Crippen molar-refractivity contribution < 1.29 is 19.0 Å². The van der Waals surface area contributed by atoms with Crippen LogP contribution in [0.1, 0.15) is 46.0 Å². The van der Waals surface area contributed by atoms with Crippen molar-refractivity contribution in [2.45, 2.75) is 58.5 Å². The molecule has 0 fully saturated rings. The third kappa shape index (κ3) is 8.42. The maximum absolute atomic E-state index is 11.3. The molecule has 0 saturated carbocycles. The monoisotopic (exact) mass is 574 g/mol. The van der Waals surface area contributed by atoms with E-state index in [0.29, 0.717) is 12.5 Å². The lowest BCUT2D eigenvalue weighted by Gasteiger charge is -2.27. The van der Waals surface area contributed by atoms with Gasteiger partial charge in [-0.2, -0.15) is 5.10 Å². The smallest absolute Gasteiger partial charge is 0.305 e. The molecule has 2 aromatic heterocycles. The van der Waals surface area contributed by atoms with E-state index < -0.39 is 0 Å². The summed E-state index contributed by atoms with van der Waals surface area (Å²) in [6.45, 7) is 6.63. The highest BCUT2D eigenvalue weighted by atomic mass is 16.5. The third-order valence-corrected chi connectivity index (χ3v) is 7.05. The van der Waals surface area contributed by atoms with E-state index in [4.69, 9.17) is 19.2 Å². The predicted molar refractivity (Wildman–Crippen MR) is 166 cm³/mol. The van der Waals surface area contributed by atoms with E-state index in [1.165, 1.54) is 7.11 Å². The lowest BCUT2D eigenvalue weighted by molar-refractivity contribution is -0.140. The van der Waals surface area contributed by atoms with Crippen LogP contribution < -0.4 is 19.7 Å². The molecule has 0 aliphatic rings. The maximum Gasteiger partial charge on any atom is 0.305 e. The number of esters is 1. The summed E-state index contributed by atoms with van der Waals surface area (Å²) in [5, 5.41) is 8.05. The first-order valence-electron chi connectivity index (χ1n) is 14.5. The Hall–Kier alpha value is -4.18. The molecule has 4 aromatic rings. The van der Waals surface area contributed by atoms with Gasteiger partial charge in [-0.15, -0.1) is 0 Å². The molecule has 0 unspecified atom stereocenters. The van der Waals surface area contributed by atoms with Gasteiger partial charge in [-0.25, -0.2) is 4.98 Å². The fourth-order valence-corrected chi connectivity index (χ4v) is 4.74. The molecule has 0 aliphatic heterocycles. The van der Waals surface area contributed by atoms with Crippen LogP contribution in [0.3, 0.4) is 0 Å². The molecule has 0 amide bonds. The van der Waals surface area contributed by atoms with E-state index in [1.807, 2.05) is 41.3 Å². The Kier molecular flexibility index (Phi) is 11.1. The number of methoxy groups -OCH3 is 3. The van der Waals surface area contributed by atoms with Gasteiger partial charge < -0.3 is 24.4 Å². The molecule has 1 N–H and O–H groups in total. The summed E-state index contributed by atoms with van der Waals surface area (Å²) in [6.07, 6.45) is 10.00. The predicted octanol–water partition coefficient (Wildman–Crippen LogP) is 5.77. The highest BCUT2D eigenvalue weighted by Gasteiger charge is 2.15. The number of carbonyl (C=O) groups is 1. The van der Waals surface area contributed by atoms with Crippen molar-refractivity contribution >= 4 is 28.4 Å². The molecule has 0 atom stereocenters. The Labute approximate surface area is 248 Å². The maximum atomic E-state index is 11.3. The normalized spacial score (nSPS) is 11.2. The van der Waals surface area contributed by atoms with Crippen LogP contribution in [0.4, 0.5) is 11.4 Å². The number of nitrogens with one attached hydrogen (secondary N) is 1. The van der Waals surface area contributed by atoms with Gasteiger partial charge in [0.15, 0.2) is 0 Å². The molecule has 10 nitrogen and oxygen atoms in total. The van der Waals surface area contributed by atoms with E-state index in [9.17, 15) is 4.79 Å². The molecule has 0 aliphatic carbocycles. The van der Waals surface area contributed by atoms with E-state index >= 15 is 0 Å². The summed E-state index contributed by atoms with van der Waals surface area (Å²) < 4.78 is 17.7. The van der Waals surface area contributed by atoms with Gasteiger partial charge in [0.1, 0.15) is 11.5 Å². The van der Waals surface area contributed by atoms with E-state index in [2.05, 4.69) is 46.3 Å². The summed E-state index contributed by atoms with van der Waals surface area (Å²) in [6, 6.07) is 12.4. The number of ether oxygens (including phenoxy) is 3. The summed E-state index contributed by atoms with van der Waals surface area (Å²) in [4.78, 5) is 23.1. The number of hydrogen-bond acceptors (Lipinski definition) is 9. The number of aromatic nitrogens is 4. The van der Waals surface area contributed by atoms with E-state index in [1.54, 1.807) is 20.4 Å². The Morgan fingerprint density at radius 1 is 0.929 bits per heavy atom. The Bertz CT molecular complexity index is 1430. The van der Waals surface area contributed by atoms with Crippen LogP contribution in [0.5, 0.6) is 11.5 Å². The SMILES string of the molecule is COC(=O)CCCCCCn1cc(-c2cnc3ccc(N(CCNC(C)C)c4cc(OC)cc(OC)c4)cc3n2)cn1. The van der Waals surface area contributed by atoms with Gasteiger partial charge in [-0.3, -0.25) is 14.5 Å². The Morgan fingerprint density at radius 2 is 1.69 bits per heavy atom. The average Bonchev–Trinajstić information content (AvgIpc) is 3.48. The number of nitrogens with zero attached hydrogens (tertiary/aromatic N) is 5. The number of benzene rings is 2. The molecule has 4 rings (SSSR count). The first-order chi connectivity index (χ1) is 20.4. The molecule has 0 spiro atoms. The minimum Gasteiger partial charge on any atom is -0.497 e. The Morgan fingerprint density at radius 3 is 2.40 bits per heavy atom. The van der Waals surface area contributed by atoms with Gasteiger partial charge in [0.25, 0.3) is 0 Å². The molecule has 2 heterocycles. The summed E-state index contributed by atoms with van der Waals surface area (Å²) in [5.41, 5.74) is 5.30. The number of rotatable bonds is 16. The first kappa shape index (κ1) is 30.8. The molecule has 224 valence electrons. The number of carbonyl (C=O) groups excluding carboxylic acids is 1. The number of unbranched alkanes of at least 4 members (excludes halogenated alkanes) is 3. The van der Waals surface area contributed by atoms with Crippen LogP contribution in [0.15, 0.2) is 55.0 Å². The molecule has 10 heteroatoms. The first-order valence-corrected chi connectivity index (χ1v) is 14.5. The number of hydrogen-bond donors (Lipinski definition) is 1. The second kappa shape index (κ2) is 15.2. The van der Waals surface area contributed by atoms with Crippen molar-refractivity contribution in [3.8, 4) is 22.8 Å². The van der Waals surface area contributed by atoms with Crippen molar-refractivity contribution in [3.05, 3.63) is 55.0 Å². The van der Waals surface area contributed by atoms with Crippen LogP contribution in [-0.2, 0) is 16.1 Å². The fraction of sp³-hybridized carbons (Fsp3) is 0.438. The average molecular weight is 575 g/mol. The van der Waals surface area contributed by atoms with Gasteiger partial charge in [-0.05, 0) is 31.0 Å². The minimum atomic E-state index is -0.147. The Balaban J connectivity index is 1.52. The van der Waals surface area contributed by atoms with Crippen LogP contribution >= 0.6 is 0 Å². The highest BCUT2D eigenvalue weighted by molar-refractivity contribution is 5.82. The lowest BCUT2D eigenvalue weighted by atomic mass is 10.1. The lowest BCUT2D eigenvalue weighted by Crippen LogP contribution is -2.32. The summed E-state index contributed by atoms with van der Waals surface area (Å²) >= 11 is 0. The largest absolute Gasteiger partial charge is 0.497 e. The van der Waals surface area contributed by atoms with Crippen LogP contribution in [0, 0.1) is 0 Å². The molecule has 42 heavy (non-hydrogen) atoms. The summed E-state index contributed by atoms with van der Waals surface area (Å²) in [7, 11) is 4.75. The zero-order valence-electron chi connectivity index (χ0n) is 25.3. The van der Waals surface area contributed by atoms with Gasteiger partial charge in [0.2, 0.25) is 0 Å². The van der Waals surface area contributed by atoms with Gasteiger partial charge in [0.05, 0.1) is 50.5 Å².